The molecule has 3 aromatic carbocycles. The van der Waals surface area contributed by atoms with E-state index in [-0.39, 0.29) is 0 Å². The van der Waals surface area contributed by atoms with E-state index < -0.39 is 11.9 Å². The molecule has 3 aromatic rings. The molecular weight excluding hydrogens is 388 g/mol. The molecule has 0 atom stereocenters. The molecule has 0 saturated carbocycles. The highest BCUT2D eigenvalue weighted by Gasteiger charge is 2.28. The van der Waals surface area contributed by atoms with Crippen LogP contribution >= 0.6 is 0 Å². The number of ether oxygens (including phenoxy) is 2. The summed E-state index contributed by atoms with van der Waals surface area (Å²) >= 11 is 0. The van der Waals surface area contributed by atoms with Crippen molar-refractivity contribution in [3.05, 3.63) is 99.9 Å². The number of hydrogen-bond acceptors (Lipinski definition) is 4. The summed E-state index contributed by atoms with van der Waals surface area (Å²) in [4.78, 5) is 25.0. The minimum atomic E-state index is -0.415. The van der Waals surface area contributed by atoms with Gasteiger partial charge in [0.15, 0.2) is 0 Å². The van der Waals surface area contributed by atoms with Crippen molar-refractivity contribution in [1.29, 1.82) is 0 Å². The van der Waals surface area contributed by atoms with E-state index in [0.717, 1.165) is 11.1 Å². The summed E-state index contributed by atoms with van der Waals surface area (Å²) in [5.74, 6) is 0.518. The SMILES string of the molecule is CC(C)c1ccc(C=CC2=c3cc4c(cc3OC2=O)=C(c2ccccc2)C(=O)O4)cc1. The maximum Gasteiger partial charge on any atom is 0.344 e. The van der Waals surface area contributed by atoms with E-state index in [1.165, 1.54) is 5.56 Å². The van der Waals surface area contributed by atoms with E-state index in [2.05, 4.69) is 26.0 Å². The number of esters is 2. The van der Waals surface area contributed by atoms with Crippen molar-refractivity contribution in [2.75, 3.05) is 0 Å². The second-order valence-electron chi connectivity index (χ2n) is 7.93. The summed E-state index contributed by atoms with van der Waals surface area (Å²) in [7, 11) is 0. The van der Waals surface area contributed by atoms with Crippen LogP contribution in [0.2, 0.25) is 0 Å². The van der Waals surface area contributed by atoms with Gasteiger partial charge in [-0.3, -0.25) is 0 Å². The fourth-order valence-corrected chi connectivity index (χ4v) is 3.87. The Morgan fingerprint density at radius 1 is 0.742 bits per heavy atom. The Morgan fingerprint density at radius 3 is 2.10 bits per heavy atom. The van der Waals surface area contributed by atoms with Crippen LogP contribution in [0.5, 0.6) is 11.5 Å². The van der Waals surface area contributed by atoms with Gasteiger partial charge in [-0.05, 0) is 40.8 Å². The number of rotatable bonds is 4. The molecule has 4 nitrogen and oxygen atoms in total. The van der Waals surface area contributed by atoms with Crippen LogP contribution in [-0.2, 0) is 9.59 Å². The summed E-state index contributed by atoms with van der Waals surface area (Å²) in [6, 6.07) is 21.0. The fraction of sp³-hybridized carbons (Fsp3) is 0.111. The van der Waals surface area contributed by atoms with Crippen LogP contribution in [0, 0.1) is 0 Å². The van der Waals surface area contributed by atoms with Crippen LogP contribution in [-0.4, -0.2) is 11.9 Å². The topological polar surface area (TPSA) is 52.6 Å². The first-order valence-corrected chi connectivity index (χ1v) is 10.2. The summed E-state index contributed by atoms with van der Waals surface area (Å²) < 4.78 is 11.0. The van der Waals surface area contributed by atoms with Gasteiger partial charge in [0, 0.05) is 10.4 Å². The van der Waals surface area contributed by atoms with Crippen molar-refractivity contribution in [2.45, 2.75) is 19.8 Å². The van der Waals surface area contributed by atoms with Gasteiger partial charge in [-0.25, -0.2) is 9.59 Å². The van der Waals surface area contributed by atoms with Gasteiger partial charge >= 0.3 is 11.9 Å². The molecule has 0 N–H and O–H groups in total. The second-order valence-corrected chi connectivity index (χ2v) is 7.93. The van der Waals surface area contributed by atoms with Crippen LogP contribution in [0.3, 0.4) is 0 Å². The van der Waals surface area contributed by atoms with Gasteiger partial charge in [0.25, 0.3) is 0 Å². The van der Waals surface area contributed by atoms with Crippen molar-refractivity contribution in [1.82, 2.24) is 0 Å². The standard InChI is InChI=1S/C27H20O4/c1-16(2)18-11-8-17(9-12-18)10-13-20-21-14-24-22(15-23(21)30-26(20)28)25(27(29)31-24)19-6-4-3-5-7-19/h3-16H,1-2H3. The van der Waals surface area contributed by atoms with E-state index in [0.29, 0.717) is 39.0 Å². The van der Waals surface area contributed by atoms with Crippen LogP contribution in [0.25, 0.3) is 17.2 Å². The fourth-order valence-electron chi connectivity index (χ4n) is 3.87. The Balaban J connectivity index is 1.59. The van der Waals surface area contributed by atoms with Crippen LogP contribution in [0.1, 0.15) is 36.5 Å². The Kier molecular flexibility index (Phi) is 4.55. The number of hydrogen-bond donors (Lipinski definition) is 0. The average molecular weight is 408 g/mol. The van der Waals surface area contributed by atoms with E-state index in [1.807, 2.05) is 48.5 Å². The maximum atomic E-state index is 12.5. The molecule has 5 rings (SSSR count). The lowest BCUT2D eigenvalue weighted by molar-refractivity contribution is -0.128. The highest BCUT2D eigenvalue weighted by Crippen LogP contribution is 2.25. The van der Waals surface area contributed by atoms with Crippen molar-refractivity contribution >= 4 is 29.2 Å². The number of fused-ring (bicyclic) bond motifs is 2. The van der Waals surface area contributed by atoms with Crippen LogP contribution < -0.4 is 19.9 Å². The molecular formula is C27H20O4. The Morgan fingerprint density at radius 2 is 1.39 bits per heavy atom. The molecule has 0 aromatic heterocycles. The zero-order valence-electron chi connectivity index (χ0n) is 17.2. The molecule has 152 valence electrons. The third kappa shape index (κ3) is 3.36. The lowest BCUT2D eigenvalue weighted by Gasteiger charge is -2.04. The Hall–Kier alpha value is -3.92. The van der Waals surface area contributed by atoms with Crippen molar-refractivity contribution in [2.24, 2.45) is 0 Å². The molecule has 0 aliphatic carbocycles. The zero-order valence-corrected chi connectivity index (χ0v) is 17.2. The van der Waals surface area contributed by atoms with Gasteiger partial charge in [0.2, 0.25) is 0 Å². The number of carbonyl (C=O) groups excluding carboxylic acids is 2. The minimum Gasteiger partial charge on any atom is -0.422 e. The van der Waals surface area contributed by atoms with Gasteiger partial charge in [-0.15, -0.1) is 0 Å². The Labute approximate surface area is 179 Å². The smallest absolute Gasteiger partial charge is 0.344 e. The lowest BCUT2D eigenvalue weighted by atomic mass is 10.0. The van der Waals surface area contributed by atoms with Gasteiger partial charge < -0.3 is 9.47 Å². The van der Waals surface area contributed by atoms with Gasteiger partial charge in [-0.1, -0.05) is 74.5 Å². The highest BCUT2D eigenvalue weighted by molar-refractivity contribution is 6.20. The quantitative estimate of drug-likeness (QED) is 0.488. The molecule has 0 radical (unpaired) electrons. The number of benzene rings is 3. The first-order chi connectivity index (χ1) is 15.0. The van der Waals surface area contributed by atoms with Crippen molar-refractivity contribution in [3.8, 4) is 11.5 Å². The highest BCUT2D eigenvalue weighted by atomic mass is 16.5. The van der Waals surface area contributed by atoms with E-state index >= 15 is 0 Å². The molecule has 2 aliphatic rings. The molecule has 0 amide bonds. The van der Waals surface area contributed by atoms with Crippen molar-refractivity contribution < 1.29 is 19.1 Å². The number of carbonyl (C=O) groups is 2. The Bertz CT molecular complexity index is 1360. The molecule has 4 heteroatoms. The minimum absolute atomic E-state index is 0.404. The predicted molar refractivity (Wildman–Crippen MR) is 119 cm³/mol. The maximum absolute atomic E-state index is 12.5. The molecule has 31 heavy (non-hydrogen) atoms. The normalized spacial score (nSPS) is 14.8. The molecule has 0 spiro atoms. The second kappa shape index (κ2) is 7.40. The molecule has 2 aliphatic heterocycles. The third-order valence-electron chi connectivity index (χ3n) is 5.58. The van der Waals surface area contributed by atoms with Crippen LogP contribution in [0.4, 0.5) is 0 Å². The van der Waals surface area contributed by atoms with E-state index in [1.54, 1.807) is 18.2 Å². The zero-order chi connectivity index (χ0) is 21.5. The first-order valence-electron chi connectivity index (χ1n) is 10.2. The summed E-state index contributed by atoms with van der Waals surface area (Å²) in [5, 5.41) is 1.26. The summed E-state index contributed by atoms with van der Waals surface area (Å²) in [6.45, 7) is 4.30. The summed E-state index contributed by atoms with van der Waals surface area (Å²) in [6.07, 6.45) is 3.64. The molecule has 0 saturated heterocycles. The van der Waals surface area contributed by atoms with Crippen LogP contribution in [0.15, 0.2) is 72.8 Å². The van der Waals surface area contributed by atoms with Gasteiger partial charge in [0.05, 0.1) is 11.1 Å². The molecule has 2 heterocycles. The predicted octanol–water partition coefficient (Wildman–Crippen LogP) is 3.71. The first kappa shape index (κ1) is 19.1. The molecule has 0 fully saturated rings. The monoisotopic (exact) mass is 408 g/mol. The largest absolute Gasteiger partial charge is 0.422 e. The van der Waals surface area contributed by atoms with E-state index in [4.69, 9.17) is 9.47 Å². The van der Waals surface area contributed by atoms with Gasteiger partial charge in [-0.2, -0.15) is 0 Å². The van der Waals surface area contributed by atoms with Gasteiger partial charge in [0.1, 0.15) is 11.5 Å². The molecule has 0 bridgehead atoms. The summed E-state index contributed by atoms with van der Waals surface area (Å²) in [5.41, 5.74) is 3.94. The van der Waals surface area contributed by atoms with E-state index in [9.17, 15) is 9.59 Å². The molecule has 0 unspecified atom stereocenters. The lowest BCUT2D eigenvalue weighted by Crippen LogP contribution is -2.10. The van der Waals surface area contributed by atoms with Crippen molar-refractivity contribution in [3.63, 3.8) is 0 Å². The average Bonchev–Trinajstić information content (AvgIpc) is 3.25. The third-order valence-corrected chi connectivity index (χ3v) is 5.58.